The smallest absolute Gasteiger partial charge is 0.293 e. The van der Waals surface area contributed by atoms with Crippen molar-refractivity contribution >= 4 is 21.4 Å². The van der Waals surface area contributed by atoms with Gasteiger partial charge in [0.2, 0.25) is 10.0 Å². The van der Waals surface area contributed by atoms with Crippen molar-refractivity contribution in [3.8, 4) is 0 Å². The standard InChI is InChI=1S/C13H19N3O4S/c1-9-6-11(14-2)12(16(17)18)7-13(9)21(19,20)15-8-10-4-3-5-10/h6-7,10,14-15H,3-5,8H2,1-2H3. The SMILES string of the molecule is CNc1cc(C)c(S(=O)(=O)NCC2CCC2)cc1[N+](=O)[O-]. The van der Waals surface area contributed by atoms with Crippen LogP contribution in [0.4, 0.5) is 11.4 Å². The fourth-order valence-corrected chi connectivity index (χ4v) is 3.68. The zero-order valence-corrected chi connectivity index (χ0v) is 12.9. The second-order valence-corrected chi connectivity index (χ2v) is 7.03. The fraction of sp³-hybridized carbons (Fsp3) is 0.538. The Kier molecular flexibility index (Phi) is 4.48. The van der Waals surface area contributed by atoms with Crippen LogP contribution in [0, 0.1) is 23.0 Å². The van der Waals surface area contributed by atoms with Crippen molar-refractivity contribution in [2.24, 2.45) is 5.92 Å². The van der Waals surface area contributed by atoms with Crippen molar-refractivity contribution in [3.05, 3.63) is 27.8 Å². The van der Waals surface area contributed by atoms with Gasteiger partial charge in [-0.2, -0.15) is 0 Å². The van der Waals surface area contributed by atoms with Crippen molar-refractivity contribution in [2.75, 3.05) is 18.9 Å². The number of hydrogen-bond acceptors (Lipinski definition) is 5. The minimum atomic E-state index is -3.73. The third-order valence-electron chi connectivity index (χ3n) is 3.84. The first kappa shape index (κ1) is 15.7. The topological polar surface area (TPSA) is 101 Å². The van der Waals surface area contributed by atoms with Gasteiger partial charge in [0.25, 0.3) is 5.69 Å². The summed E-state index contributed by atoms with van der Waals surface area (Å²) in [5, 5.41) is 13.8. The van der Waals surface area contributed by atoms with Crippen LogP contribution in [0.1, 0.15) is 24.8 Å². The summed E-state index contributed by atoms with van der Waals surface area (Å²) >= 11 is 0. The lowest BCUT2D eigenvalue weighted by atomic mass is 9.86. The Labute approximate surface area is 123 Å². The van der Waals surface area contributed by atoms with Crippen LogP contribution in [0.15, 0.2) is 17.0 Å². The van der Waals surface area contributed by atoms with Crippen LogP contribution in [0.2, 0.25) is 0 Å². The summed E-state index contributed by atoms with van der Waals surface area (Å²) < 4.78 is 27.2. The highest BCUT2D eigenvalue weighted by Crippen LogP contribution is 2.31. The van der Waals surface area contributed by atoms with Crippen LogP contribution in [0.5, 0.6) is 0 Å². The van der Waals surface area contributed by atoms with Gasteiger partial charge in [-0.25, -0.2) is 13.1 Å². The molecule has 0 heterocycles. The molecule has 8 heteroatoms. The van der Waals surface area contributed by atoms with E-state index < -0.39 is 14.9 Å². The monoisotopic (exact) mass is 313 g/mol. The lowest BCUT2D eigenvalue weighted by molar-refractivity contribution is -0.384. The molecule has 0 saturated heterocycles. The van der Waals surface area contributed by atoms with Gasteiger partial charge in [-0.3, -0.25) is 10.1 Å². The molecule has 2 N–H and O–H groups in total. The van der Waals surface area contributed by atoms with E-state index in [-0.39, 0.29) is 10.6 Å². The fourth-order valence-electron chi connectivity index (χ4n) is 2.32. The number of nitro groups is 1. The van der Waals surface area contributed by atoms with E-state index in [0.29, 0.717) is 23.7 Å². The minimum Gasteiger partial charge on any atom is -0.383 e. The van der Waals surface area contributed by atoms with Crippen LogP contribution in [0.25, 0.3) is 0 Å². The van der Waals surface area contributed by atoms with Crippen LogP contribution >= 0.6 is 0 Å². The maximum atomic E-state index is 12.3. The molecule has 2 rings (SSSR count). The second-order valence-electron chi connectivity index (χ2n) is 5.29. The maximum absolute atomic E-state index is 12.3. The van der Waals surface area contributed by atoms with Crippen molar-refractivity contribution in [2.45, 2.75) is 31.1 Å². The van der Waals surface area contributed by atoms with Crippen LogP contribution in [0.3, 0.4) is 0 Å². The van der Waals surface area contributed by atoms with Gasteiger partial charge in [0.15, 0.2) is 0 Å². The van der Waals surface area contributed by atoms with E-state index in [1.165, 1.54) is 6.07 Å². The van der Waals surface area contributed by atoms with Gasteiger partial charge in [0.05, 0.1) is 9.82 Å². The minimum absolute atomic E-state index is 0.0347. The van der Waals surface area contributed by atoms with E-state index in [2.05, 4.69) is 10.0 Å². The number of benzene rings is 1. The Balaban J connectivity index is 2.32. The van der Waals surface area contributed by atoms with Crippen molar-refractivity contribution in [3.63, 3.8) is 0 Å². The van der Waals surface area contributed by atoms with E-state index in [1.54, 1.807) is 14.0 Å². The average Bonchev–Trinajstić information content (AvgIpc) is 2.35. The maximum Gasteiger partial charge on any atom is 0.293 e. The Hall–Kier alpha value is -1.67. The summed E-state index contributed by atoms with van der Waals surface area (Å²) in [5.74, 6) is 0.381. The highest BCUT2D eigenvalue weighted by molar-refractivity contribution is 7.89. The third-order valence-corrected chi connectivity index (χ3v) is 5.40. The van der Waals surface area contributed by atoms with E-state index >= 15 is 0 Å². The number of hydrogen-bond donors (Lipinski definition) is 2. The Bertz CT molecular complexity index is 654. The summed E-state index contributed by atoms with van der Waals surface area (Å²) in [7, 11) is -2.17. The molecule has 116 valence electrons. The van der Waals surface area contributed by atoms with Crippen molar-refractivity contribution < 1.29 is 13.3 Å². The molecule has 0 atom stereocenters. The summed E-state index contributed by atoms with van der Waals surface area (Å²) in [5.41, 5.74) is 0.536. The molecule has 1 aromatic carbocycles. The molecule has 0 spiro atoms. The molecular formula is C13H19N3O4S. The number of nitro benzene ring substituents is 1. The summed E-state index contributed by atoms with van der Waals surface area (Å²) in [6.45, 7) is 2.02. The van der Waals surface area contributed by atoms with Crippen LogP contribution in [-0.4, -0.2) is 26.9 Å². The average molecular weight is 313 g/mol. The summed E-state index contributed by atoms with van der Waals surface area (Å²) in [6, 6.07) is 2.60. The number of nitrogens with one attached hydrogen (secondary N) is 2. The first-order valence-corrected chi connectivity index (χ1v) is 8.30. The molecule has 0 aliphatic heterocycles. The largest absolute Gasteiger partial charge is 0.383 e. The van der Waals surface area contributed by atoms with Gasteiger partial charge in [0.1, 0.15) is 5.69 Å². The number of rotatable bonds is 6. The van der Waals surface area contributed by atoms with Gasteiger partial charge in [-0.05, 0) is 37.3 Å². The molecule has 7 nitrogen and oxygen atoms in total. The quantitative estimate of drug-likeness (QED) is 0.618. The molecule has 1 aromatic rings. The highest BCUT2D eigenvalue weighted by atomic mass is 32.2. The molecule has 1 saturated carbocycles. The first-order valence-electron chi connectivity index (χ1n) is 6.81. The molecular weight excluding hydrogens is 294 g/mol. The summed E-state index contributed by atoms with van der Waals surface area (Å²) in [4.78, 5) is 10.4. The molecule has 0 amide bonds. The Morgan fingerprint density at radius 1 is 1.38 bits per heavy atom. The van der Waals surface area contributed by atoms with Gasteiger partial charge >= 0.3 is 0 Å². The molecule has 0 bridgehead atoms. The van der Waals surface area contributed by atoms with E-state index in [0.717, 1.165) is 25.3 Å². The molecule has 0 aromatic heterocycles. The first-order chi connectivity index (χ1) is 9.85. The number of sulfonamides is 1. The zero-order valence-electron chi connectivity index (χ0n) is 12.0. The lowest BCUT2D eigenvalue weighted by Gasteiger charge is -2.25. The second kappa shape index (κ2) is 5.98. The number of nitrogens with zero attached hydrogens (tertiary/aromatic N) is 1. The van der Waals surface area contributed by atoms with Crippen LogP contribution in [-0.2, 0) is 10.0 Å². The van der Waals surface area contributed by atoms with Gasteiger partial charge < -0.3 is 5.32 Å². The van der Waals surface area contributed by atoms with Gasteiger partial charge in [-0.15, -0.1) is 0 Å². The lowest BCUT2D eigenvalue weighted by Crippen LogP contribution is -2.32. The number of anilines is 1. The highest BCUT2D eigenvalue weighted by Gasteiger charge is 2.25. The predicted molar refractivity (Wildman–Crippen MR) is 79.9 cm³/mol. The molecule has 0 radical (unpaired) electrons. The van der Waals surface area contributed by atoms with E-state index in [9.17, 15) is 18.5 Å². The van der Waals surface area contributed by atoms with Crippen molar-refractivity contribution in [1.29, 1.82) is 0 Å². The predicted octanol–water partition coefficient (Wildman–Crippen LogP) is 2.02. The van der Waals surface area contributed by atoms with E-state index in [1.807, 2.05) is 0 Å². The van der Waals surface area contributed by atoms with Crippen molar-refractivity contribution in [1.82, 2.24) is 4.72 Å². The third kappa shape index (κ3) is 3.33. The van der Waals surface area contributed by atoms with Gasteiger partial charge in [0, 0.05) is 19.7 Å². The Morgan fingerprint density at radius 3 is 2.52 bits per heavy atom. The number of aryl methyl sites for hydroxylation is 1. The molecule has 1 fully saturated rings. The van der Waals surface area contributed by atoms with Gasteiger partial charge in [-0.1, -0.05) is 6.42 Å². The molecule has 21 heavy (non-hydrogen) atoms. The normalized spacial score (nSPS) is 15.5. The van der Waals surface area contributed by atoms with Crippen LogP contribution < -0.4 is 10.0 Å². The summed E-state index contributed by atoms with van der Waals surface area (Å²) in [6.07, 6.45) is 3.19. The molecule has 0 unspecified atom stereocenters. The van der Waals surface area contributed by atoms with E-state index in [4.69, 9.17) is 0 Å². The zero-order chi connectivity index (χ0) is 15.6. The molecule has 1 aliphatic rings. The Morgan fingerprint density at radius 2 is 2.05 bits per heavy atom. The molecule has 1 aliphatic carbocycles.